The van der Waals surface area contributed by atoms with Crippen LogP contribution in [0.2, 0.25) is 0 Å². The lowest BCUT2D eigenvalue weighted by atomic mass is 9.68. The van der Waals surface area contributed by atoms with Gasteiger partial charge in [0.2, 0.25) is 0 Å². The lowest BCUT2D eigenvalue weighted by Gasteiger charge is -2.43. The molecular formula is C11H15N3O6. The van der Waals surface area contributed by atoms with E-state index in [1.807, 2.05) is 0 Å². The number of rotatable bonds is 4. The van der Waals surface area contributed by atoms with Crippen LogP contribution in [0, 0.1) is 20.2 Å². The summed E-state index contributed by atoms with van der Waals surface area (Å²) in [7, 11) is 0. The van der Waals surface area contributed by atoms with Crippen LogP contribution in [0.25, 0.3) is 0 Å². The van der Waals surface area contributed by atoms with Gasteiger partial charge >= 0.3 is 0 Å². The van der Waals surface area contributed by atoms with Gasteiger partial charge in [0.15, 0.2) is 6.54 Å². The maximum absolute atomic E-state index is 11.5. The van der Waals surface area contributed by atoms with Crippen LogP contribution in [0.4, 0.5) is 0 Å². The molecule has 0 amide bonds. The number of carbonyl (C=O) groups excluding carboxylic acids is 1. The van der Waals surface area contributed by atoms with Gasteiger partial charge in [-0.1, -0.05) is 6.08 Å². The van der Waals surface area contributed by atoms with Crippen LogP contribution in [0.3, 0.4) is 0 Å². The van der Waals surface area contributed by atoms with Crippen LogP contribution in [0.15, 0.2) is 11.6 Å². The van der Waals surface area contributed by atoms with E-state index < -0.39 is 33.4 Å². The van der Waals surface area contributed by atoms with Crippen molar-refractivity contribution < 1.29 is 24.6 Å². The number of quaternary nitrogens is 1. The molecule has 1 fully saturated rings. The van der Waals surface area contributed by atoms with E-state index in [-0.39, 0.29) is 25.9 Å². The van der Waals surface area contributed by atoms with Crippen molar-refractivity contribution >= 4 is 5.97 Å². The van der Waals surface area contributed by atoms with Gasteiger partial charge < -0.3 is 14.8 Å². The summed E-state index contributed by atoms with van der Waals surface area (Å²) in [6.45, 7) is 1.02. The maximum Gasteiger partial charge on any atom is 0.297 e. The van der Waals surface area contributed by atoms with E-state index in [1.165, 1.54) is 0 Å². The third-order valence-corrected chi connectivity index (χ3v) is 4.40. The van der Waals surface area contributed by atoms with E-state index >= 15 is 0 Å². The first-order valence-electron chi connectivity index (χ1n) is 6.21. The minimum atomic E-state index is -1.55. The normalized spacial score (nSPS) is 36.0. The zero-order chi connectivity index (χ0) is 15.1. The predicted octanol–water partition coefficient (Wildman–Crippen LogP) is -2.59. The van der Waals surface area contributed by atoms with Crippen LogP contribution in [-0.4, -0.2) is 46.5 Å². The SMILES string of the molecule is CC1=CC[C@@]2([N+](=O)[O-])C[NH+](CC(=O)[O-])C[C@]1([N+](=O)[O-])C2. The molecule has 0 aromatic carbocycles. The first-order valence-corrected chi connectivity index (χ1v) is 6.21. The summed E-state index contributed by atoms with van der Waals surface area (Å²) in [4.78, 5) is 32.9. The highest BCUT2D eigenvalue weighted by Gasteiger charge is 2.67. The van der Waals surface area contributed by atoms with Crippen molar-refractivity contribution in [1.29, 1.82) is 0 Å². The van der Waals surface area contributed by atoms with Gasteiger partial charge in [0.1, 0.15) is 19.5 Å². The quantitative estimate of drug-likeness (QED) is 0.342. The number of fused-ring (bicyclic) bond motifs is 2. The average Bonchev–Trinajstić information content (AvgIpc) is 2.33. The number of hydrogen-bond acceptors (Lipinski definition) is 6. The summed E-state index contributed by atoms with van der Waals surface area (Å²) in [5, 5.41) is 33.6. The average molecular weight is 285 g/mol. The van der Waals surface area contributed by atoms with Crippen LogP contribution in [-0.2, 0) is 4.79 Å². The second kappa shape index (κ2) is 4.51. The molecule has 1 aliphatic heterocycles. The minimum absolute atomic E-state index is 0.0344. The number of carboxylic acid groups (broad SMARTS) is 1. The molecule has 1 heterocycles. The van der Waals surface area contributed by atoms with Crippen molar-refractivity contribution in [1.82, 2.24) is 0 Å². The van der Waals surface area contributed by atoms with Crippen molar-refractivity contribution in [2.24, 2.45) is 0 Å². The van der Waals surface area contributed by atoms with Crippen LogP contribution in [0.1, 0.15) is 19.8 Å². The van der Waals surface area contributed by atoms with E-state index in [0.29, 0.717) is 10.5 Å². The van der Waals surface area contributed by atoms with Gasteiger partial charge in [0, 0.05) is 21.8 Å². The van der Waals surface area contributed by atoms with Crippen LogP contribution >= 0.6 is 0 Å². The fourth-order valence-electron chi connectivity index (χ4n) is 3.37. The molecule has 110 valence electrons. The van der Waals surface area contributed by atoms with Crippen molar-refractivity contribution in [3.05, 3.63) is 31.9 Å². The highest BCUT2D eigenvalue weighted by atomic mass is 16.6. The van der Waals surface area contributed by atoms with Crippen molar-refractivity contribution in [3.8, 4) is 0 Å². The Bertz CT molecular complexity index is 518. The molecule has 1 saturated heterocycles. The molecule has 1 aliphatic carbocycles. The Balaban J connectivity index is 2.47. The summed E-state index contributed by atoms with van der Waals surface area (Å²) >= 11 is 0. The number of nitrogens with zero attached hydrogens (tertiary/aromatic N) is 2. The lowest BCUT2D eigenvalue weighted by Crippen LogP contribution is -3.19. The van der Waals surface area contributed by atoms with E-state index in [9.17, 15) is 30.1 Å². The smallest absolute Gasteiger partial charge is 0.297 e. The third kappa shape index (κ3) is 2.03. The van der Waals surface area contributed by atoms with Gasteiger partial charge in [-0.05, 0) is 6.92 Å². The molecule has 0 spiro atoms. The van der Waals surface area contributed by atoms with E-state index in [4.69, 9.17) is 0 Å². The number of hydrogen-bond donors (Lipinski definition) is 1. The maximum atomic E-state index is 11.5. The molecule has 0 radical (unpaired) electrons. The molecule has 3 atom stereocenters. The van der Waals surface area contributed by atoms with Gasteiger partial charge in [0.05, 0.1) is 5.97 Å². The zero-order valence-electron chi connectivity index (χ0n) is 11.0. The van der Waals surface area contributed by atoms with E-state index in [2.05, 4.69) is 0 Å². The monoisotopic (exact) mass is 285 g/mol. The minimum Gasteiger partial charge on any atom is -0.544 e. The van der Waals surface area contributed by atoms with Gasteiger partial charge in [0.25, 0.3) is 11.1 Å². The third-order valence-electron chi connectivity index (χ3n) is 4.40. The molecule has 20 heavy (non-hydrogen) atoms. The molecule has 1 unspecified atom stereocenters. The summed E-state index contributed by atoms with van der Waals surface area (Å²) < 4.78 is 0. The Hall–Kier alpha value is -2.03. The number of piperidine rings is 1. The van der Waals surface area contributed by atoms with Crippen LogP contribution < -0.4 is 10.0 Å². The molecule has 9 nitrogen and oxygen atoms in total. The zero-order valence-corrected chi connectivity index (χ0v) is 11.0. The number of aliphatic carboxylic acids is 1. The standard InChI is InChI=1S/C11H15N3O6/c1-8-2-3-10(13(17)18)5-11(8,14(19)20)7-12(6-10)4-9(15)16/h2H,3-7H2,1H3,(H,15,16)/t10-,11+/m0/s1. The van der Waals surface area contributed by atoms with Gasteiger partial charge in [-0.3, -0.25) is 20.2 Å². The molecule has 0 aromatic rings. The van der Waals surface area contributed by atoms with Crippen molar-refractivity contribution in [2.45, 2.75) is 30.8 Å². The Morgan fingerprint density at radius 2 is 2.00 bits per heavy atom. The first-order chi connectivity index (χ1) is 9.22. The number of nitrogens with one attached hydrogen (secondary N) is 1. The lowest BCUT2D eigenvalue weighted by molar-refractivity contribution is -0.938. The molecule has 0 saturated carbocycles. The Morgan fingerprint density at radius 3 is 2.50 bits per heavy atom. The molecule has 0 aromatic heterocycles. The number of likely N-dealkylation sites (tertiary alicyclic amines) is 1. The highest BCUT2D eigenvalue weighted by molar-refractivity contribution is 5.65. The largest absolute Gasteiger partial charge is 0.544 e. The van der Waals surface area contributed by atoms with Crippen molar-refractivity contribution in [2.75, 3.05) is 19.6 Å². The summed E-state index contributed by atoms with van der Waals surface area (Å²) in [6, 6.07) is 0. The first kappa shape index (κ1) is 14.4. The highest BCUT2D eigenvalue weighted by Crippen LogP contribution is 2.40. The molecule has 2 rings (SSSR count). The molecule has 2 bridgehead atoms. The number of carboxylic acids is 1. The van der Waals surface area contributed by atoms with Gasteiger partial charge in [-0.2, -0.15) is 0 Å². The summed E-state index contributed by atoms with van der Waals surface area (Å²) in [6.07, 6.45) is 1.46. The number of nitro groups is 2. The Kier molecular flexibility index (Phi) is 3.24. The molecule has 2 aliphatic rings. The summed E-state index contributed by atoms with van der Waals surface area (Å²) in [5.41, 5.74) is -2.54. The summed E-state index contributed by atoms with van der Waals surface area (Å²) in [5.74, 6) is -1.36. The predicted molar refractivity (Wildman–Crippen MR) is 63.0 cm³/mol. The molecule has 1 N–H and O–H groups in total. The topological polar surface area (TPSA) is 131 Å². The second-order valence-electron chi connectivity index (χ2n) is 5.69. The Labute approximate surface area is 114 Å². The second-order valence-corrected chi connectivity index (χ2v) is 5.69. The fraction of sp³-hybridized carbons (Fsp3) is 0.727. The van der Waals surface area contributed by atoms with E-state index in [1.54, 1.807) is 13.0 Å². The Morgan fingerprint density at radius 1 is 1.35 bits per heavy atom. The van der Waals surface area contributed by atoms with Crippen LogP contribution in [0.5, 0.6) is 0 Å². The molecular weight excluding hydrogens is 270 g/mol. The number of carbonyl (C=O) groups is 1. The fourth-order valence-corrected chi connectivity index (χ4v) is 3.37. The van der Waals surface area contributed by atoms with Gasteiger partial charge in [-0.25, -0.2) is 0 Å². The molecule has 9 heteroatoms. The van der Waals surface area contributed by atoms with E-state index in [0.717, 1.165) is 0 Å². The van der Waals surface area contributed by atoms with Gasteiger partial charge in [-0.15, -0.1) is 0 Å². The van der Waals surface area contributed by atoms with Crippen molar-refractivity contribution in [3.63, 3.8) is 0 Å².